The van der Waals surface area contributed by atoms with Crippen LogP contribution in [-0.4, -0.2) is 34.5 Å². The van der Waals surface area contributed by atoms with Gasteiger partial charge in [0.05, 0.1) is 23.8 Å². The molecule has 1 aromatic rings. The maximum absolute atomic E-state index is 12.5. The van der Waals surface area contributed by atoms with Crippen molar-refractivity contribution in [3.05, 3.63) is 23.1 Å². The maximum Gasteiger partial charge on any atom is 0.305 e. The number of amides is 1. The molecule has 0 bridgehead atoms. The summed E-state index contributed by atoms with van der Waals surface area (Å²) in [6, 6.07) is 1.51. The summed E-state index contributed by atoms with van der Waals surface area (Å²) in [5.41, 5.74) is -0.341. The van der Waals surface area contributed by atoms with Gasteiger partial charge in [-0.1, -0.05) is 19.3 Å². The van der Waals surface area contributed by atoms with E-state index < -0.39 is 11.5 Å². The molecule has 6 heteroatoms. The number of carboxylic acids is 1. The zero-order valence-corrected chi connectivity index (χ0v) is 12.2. The molecule has 1 aliphatic carbocycles. The number of carboxylic acid groups (broad SMARTS) is 1. The summed E-state index contributed by atoms with van der Waals surface area (Å²) in [4.78, 5) is 25.2. The number of carbonyl (C=O) groups excluding carboxylic acids is 1. The third-order valence-corrected chi connectivity index (χ3v) is 4.42. The van der Waals surface area contributed by atoms with Crippen LogP contribution in [0.5, 0.6) is 0 Å². The Balaban J connectivity index is 2.26. The third-order valence-electron chi connectivity index (χ3n) is 4.13. The van der Waals surface area contributed by atoms with Gasteiger partial charge in [-0.05, 0) is 30.5 Å². The Morgan fingerprint density at radius 3 is 2.55 bits per heavy atom. The standard InChI is InChI=1S/C14H18ClNO4/c1-16(13(19)10-5-8-20-12(10)15)14(9-11(17)18)6-3-2-4-7-14/h5,8H,2-4,6-7,9H2,1H3,(H,17,18). The molecule has 1 saturated carbocycles. The minimum Gasteiger partial charge on any atom is -0.481 e. The number of rotatable bonds is 4. The van der Waals surface area contributed by atoms with Crippen LogP contribution in [0, 0.1) is 0 Å². The summed E-state index contributed by atoms with van der Waals surface area (Å²) in [6.07, 6.45) is 5.68. The van der Waals surface area contributed by atoms with Gasteiger partial charge >= 0.3 is 5.97 Å². The van der Waals surface area contributed by atoms with Gasteiger partial charge in [0.15, 0.2) is 0 Å². The number of hydrogen-bond donors (Lipinski definition) is 1. The molecule has 1 fully saturated rings. The first kappa shape index (κ1) is 14.9. The Labute approximate surface area is 122 Å². The number of carbonyl (C=O) groups is 2. The van der Waals surface area contributed by atoms with Gasteiger partial charge in [0, 0.05) is 7.05 Å². The molecule has 0 unspecified atom stereocenters. The lowest BCUT2D eigenvalue weighted by molar-refractivity contribution is -0.140. The predicted octanol–water partition coefficient (Wildman–Crippen LogP) is 3.18. The molecule has 1 N–H and O–H groups in total. The van der Waals surface area contributed by atoms with Crippen molar-refractivity contribution in [2.75, 3.05) is 7.05 Å². The Kier molecular flexibility index (Phi) is 4.38. The van der Waals surface area contributed by atoms with Crippen molar-refractivity contribution in [3.8, 4) is 0 Å². The topological polar surface area (TPSA) is 70.8 Å². The number of halogens is 1. The second-order valence-corrected chi connectivity index (χ2v) is 5.67. The first-order valence-corrected chi connectivity index (χ1v) is 7.07. The minimum absolute atomic E-state index is 0.0370. The van der Waals surface area contributed by atoms with E-state index in [0.717, 1.165) is 19.3 Å². The number of aliphatic carboxylic acids is 1. The van der Waals surface area contributed by atoms with Crippen molar-refractivity contribution in [3.63, 3.8) is 0 Å². The van der Waals surface area contributed by atoms with E-state index in [9.17, 15) is 9.59 Å². The van der Waals surface area contributed by atoms with Gasteiger partial charge in [0.25, 0.3) is 5.91 Å². The zero-order valence-electron chi connectivity index (χ0n) is 11.4. The molecule has 1 amide bonds. The normalized spacial score (nSPS) is 17.7. The largest absolute Gasteiger partial charge is 0.481 e. The third kappa shape index (κ3) is 2.82. The zero-order chi connectivity index (χ0) is 14.8. The Bertz CT molecular complexity index is 505. The van der Waals surface area contributed by atoms with Crippen LogP contribution in [-0.2, 0) is 4.79 Å². The SMILES string of the molecule is CN(C(=O)c1ccoc1Cl)C1(CC(=O)O)CCCCC1. The lowest BCUT2D eigenvalue weighted by atomic mass is 9.78. The predicted molar refractivity (Wildman–Crippen MR) is 73.9 cm³/mol. The quantitative estimate of drug-likeness (QED) is 0.927. The van der Waals surface area contributed by atoms with Crippen LogP contribution in [0.25, 0.3) is 0 Å². The molecular weight excluding hydrogens is 282 g/mol. The van der Waals surface area contributed by atoms with Gasteiger partial charge in [-0.3, -0.25) is 9.59 Å². The first-order chi connectivity index (χ1) is 9.46. The monoisotopic (exact) mass is 299 g/mol. The summed E-state index contributed by atoms with van der Waals surface area (Å²) in [5, 5.41) is 9.21. The van der Waals surface area contributed by atoms with E-state index in [4.69, 9.17) is 21.1 Å². The van der Waals surface area contributed by atoms with Crippen LogP contribution >= 0.6 is 11.6 Å². The van der Waals surface area contributed by atoms with Gasteiger partial charge in [-0.25, -0.2) is 0 Å². The van der Waals surface area contributed by atoms with Gasteiger partial charge < -0.3 is 14.4 Å². The van der Waals surface area contributed by atoms with Crippen LogP contribution in [0.1, 0.15) is 48.9 Å². The van der Waals surface area contributed by atoms with E-state index >= 15 is 0 Å². The second kappa shape index (κ2) is 5.87. The summed E-state index contributed by atoms with van der Waals surface area (Å²) >= 11 is 5.84. The van der Waals surface area contributed by atoms with Gasteiger partial charge in [-0.15, -0.1) is 0 Å². The molecule has 0 aromatic carbocycles. The molecule has 0 spiro atoms. The van der Waals surface area contributed by atoms with Crippen molar-refractivity contribution in [1.82, 2.24) is 4.90 Å². The fourth-order valence-corrected chi connectivity index (χ4v) is 3.16. The van der Waals surface area contributed by atoms with E-state index in [1.807, 2.05) is 0 Å². The molecule has 0 atom stereocenters. The number of furan rings is 1. The average molecular weight is 300 g/mol. The summed E-state index contributed by atoms with van der Waals surface area (Å²) < 4.78 is 4.94. The summed E-state index contributed by atoms with van der Waals surface area (Å²) in [6.45, 7) is 0. The lowest BCUT2D eigenvalue weighted by Gasteiger charge is -2.43. The highest BCUT2D eigenvalue weighted by molar-refractivity contribution is 6.32. The molecule has 1 heterocycles. The lowest BCUT2D eigenvalue weighted by Crippen LogP contribution is -2.52. The molecule has 1 aromatic heterocycles. The first-order valence-electron chi connectivity index (χ1n) is 6.69. The summed E-state index contributed by atoms with van der Waals surface area (Å²) in [5.74, 6) is -1.17. The number of nitrogens with zero attached hydrogens (tertiary/aromatic N) is 1. The maximum atomic E-state index is 12.5. The molecule has 0 aliphatic heterocycles. The average Bonchev–Trinajstić information content (AvgIpc) is 2.83. The molecular formula is C14H18ClNO4. The molecule has 1 aliphatic rings. The fraction of sp³-hybridized carbons (Fsp3) is 0.571. The van der Waals surface area contributed by atoms with Crippen LogP contribution in [0.3, 0.4) is 0 Å². The Morgan fingerprint density at radius 2 is 2.05 bits per heavy atom. The van der Waals surface area contributed by atoms with Gasteiger partial charge in [0.2, 0.25) is 5.22 Å². The van der Waals surface area contributed by atoms with E-state index in [2.05, 4.69) is 0 Å². The highest BCUT2D eigenvalue weighted by atomic mass is 35.5. The van der Waals surface area contributed by atoms with E-state index in [1.54, 1.807) is 7.05 Å². The summed E-state index contributed by atoms with van der Waals surface area (Å²) in [7, 11) is 1.65. The minimum atomic E-state index is -0.884. The molecule has 0 radical (unpaired) electrons. The molecule has 5 nitrogen and oxygen atoms in total. The smallest absolute Gasteiger partial charge is 0.305 e. The Morgan fingerprint density at radius 1 is 1.40 bits per heavy atom. The van der Waals surface area contributed by atoms with Crippen molar-refractivity contribution in [2.45, 2.75) is 44.1 Å². The Hall–Kier alpha value is -1.49. The van der Waals surface area contributed by atoms with E-state index in [0.29, 0.717) is 12.8 Å². The molecule has 110 valence electrons. The molecule has 2 rings (SSSR count). The molecule has 0 saturated heterocycles. The van der Waals surface area contributed by atoms with E-state index in [-0.39, 0.29) is 23.1 Å². The van der Waals surface area contributed by atoms with Gasteiger partial charge in [-0.2, -0.15) is 0 Å². The van der Waals surface area contributed by atoms with Crippen molar-refractivity contribution >= 4 is 23.5 Å². The highest BCUT2D eigenvalue weighted by Gasteiger charge is 2.41. The number of hydrogen-bond acceptors (Lipinski definition) is 3. The second-order valence-electron chi connectivity index (χ2n) is 5.33. The van der Waals surface area contributed by atoms with Crippen LogP contribution < -0.4 is 0 Å². The van der Waals surface area contributed by atoms with Crippen LogP contribution in [0.2, 0.25) is 5.22 Å². The van der Waals surface area contributed by atoms with E-state index in [1.165, 1.54) is 17.2 Å². The van der Waals surface area contributed by atoms with Crippen LogP contribution in [0.15, 0.2) is 16.7 Å². The van der Waals surface area contributed by atoms with Crippen molar-refractivity contribution in [1.29, 1.82) is 0 Å². The van der Waals surface area contributed by atoms with Gasteiger partial charge in [0.1, 0.15) is 0 Å². The molecule has 20 heavy (non-hydrogen) atoms. The fourth-order valence-electron chi connectivity index (χ4n) is 2.96. The van der Waals surface area contributed by atoms with Crippen LogP contribution in [0.4, 0.5) is 0 Å². The van der Waals surface area contributed by atoms with Crippen molar-refractivity contribution in [2.24, 2.45) is 0 Å². The van der Waals surface area contributed by atoms with Crippen molar-refractivity contribution < 1.29 is 19.1 Å². The highest BCUT2D eigenvalue weighted by Crippen LogP contribution is 2.37.